The first-order valence-corrected chi connectivity index (χ1v) is 8.03. The molecule has 9 heteroatoms. The van der Waals surface area contributed by atoms with Crippen LogP contribution in [0.3, 0.4) is 0 Å². The van der Waals surface area contributed by atoms with Crippen LogP contribution in [0.4, 0.5) is 4.39 Å². The summed E-state index contributed by atoms with van der Waals surface area (Å²) in [6, 6.07) is 4.04. The molecule has 1 unspecified atom stereocenters. The van der Waals surface area contributed by atoms with Crippen LogP contribution in [0, 0.1) is 11.7 Å². The molecule has 0 saturated carbocycles. The molecule has 1 aromatic rings. The SMILES string of the molecule is CN1CC(=O)C(C2=NN(C)CN(Cc3ccc(F)cc3Cl)C2=O)C=N1. The summed E-state index contributed by atoms with van der Waals surface area (Å²) >= 11 is 6.05. The van der Waals surface area contributed by atoms with Crippen molar-refractivity contribution in [1.29, 1.82) is 0 Å². The quantitative estimate of drug-likeness (QED) is 0.806. The van der Waals surface area contributed by atoms with Gasteiger partial charge in [-0.25, -0.2) is 4.39 Å². The monoisotopic (exact) mass is 365 g/mol. The number of amides is 1. The summed E-state index contributed by atoms with van der Waals surface area (Å²) in [5.41, 5.74) is 0.753. The number of benzene rings is 1. The Kier molecular flexibility index (Phi) is 4.71. The number of Topliss-reactive ketones (excluding diaryl/α,β-unsaturated/α-hetero) is 1. The summed E-state index contributed by atoms with van der Waals surface area (Å²) < 4.78 is 13.2. The third-order valence-electron chi connectivity index (χ3n) is 3.98. The Hall–Kier alpha value is -2.48. The number of hydrazone groups is 2. The van der Waals surface area contributed by atoms with E-state index in [2.05, 4.69) is 10.2 Å². The largest absolute Gasteiger partial charge is 0.314 e. The molecule has 1 aromatic carbocycles. The van der Waals surface area contributed by atoms with Crippen LogP contribution in [0.2, 0.25) is 5.02 Å². The van der Waals surface area contributed by atoms with Crippen molar-refractivity contribution in [3.63, 3.8) is 0 Å². The van der Waals surface area contributed by atoms with E-state index in [9.17, 15) is 14.0 Å². The van der Waals surface area contributed by atoms with Gasteiger partial charge in [-0.15, -0.1) is 0 Å². The fraction of sp³-hybridized carbons (Fsp3) is 0.375. The summed E-state index contributed by atoms with van der Waals surface area (Å²) in [4.78, 5) is 26.6. The molecule has 0 aliphatic carbocycles. The molecule has 2 aliphatic heterocycles. The number of rotatable bonds is 3. The maximum atomic E-state index is 13.2. The van der Waals surface area contributed by atoms with E-state index in [-0.39, 0.29) is 42.2 Å². The summed E-state index contributed by atoms with van der Waals surface area (Å²) in [7, 11) is 3.40. The fourth-order valence-corrected chi connectivity index (χ4v) is 2.98. The topological polar surface area (TPSA) is 68.6 Å². The lowest BCUT2D eigenvalue weighted by Crippen LogP contribution is -2.51. The summed E-state index contributed by atoms with van der Waals surface area (Å²) in [6.07, 6.45) is 1.44. The van der Waals surface area contributed by atoms with E-state index >= 15 is 0 Å². The Balaban J connectivity index is 1.84. The molecular formula is C16H17ClFN5O2. The van der Waals surface area contributed by atoms with Gasteiger partial charge in [-0.05, 0) is 17.7 Å². The van der Waals surface area contributed by atoms with Crippen molar-refractivity contribution in [2.75, 3.05) is 27.3 Å². The van der Waals surface area contributed by atoms with E-state index in [1.54, 1.807) is 25.2 Å². The van der Waals surface area contributed by atoms with E-state index < -0.39 is 11.7 Å². The molecular weight excluding hydrogens is 349 g/mol. The molecule has 1 amide bonds. The maximum Gasteiger partial charge on any atom is 0.272 e. The van der Waals surface area contributed by atoms with E-state index in [1.165, 1.54) is 28.3 Å². The lowest BCUT2D eigenvalue weighted by molar-refractivity contribution is -0.130. The van der Waals surface area contributed by atoms with Gasteiger partial charge >= 0.3 is 0 Å². The van der Waals surface area contributed by atoms with Crippen molar-refractivity contribution in [3.8, 4) is 0 Å². The molecule has 3 rings (SSSR count). The minimum absolute atomic E-state index is 0.126. The molecule has 0 bridgehead atoms. The zero-order valence-electron chi connectivity index (χ0n) is 13.8. The second kappa shape index (κ2) is 6.79. The van der Waals surface area contributed by atoms with Gasteiger partial charge in [-0.1, -0.05) is 17.7 Å². The Morgan fingerprint density at radius 3 is 2.72 bits per heavy atom. The van der Waals surface area contributed by atoms with E-state index in [1.807, 2.05) is 0 Å². The Morgan fingerprint density at radius 1 is 1.28 bits per heavy atom. The number of halogens is 2. The third-order valence-corrected chi connectivity index (χ3v) is 4.33. The van der Waals surface area contributed by atoms with Gasteiger partial charge in [0, 0.05) is 31.9 Å². The molecule has 0 radical (unpaired) electrons. The highest BCUT2D eigenvalue weighted by atomic mass is 35.5. The van der Waals surface area contributed by atoms with Gasteiger partial charge in [0.1, 0.15) is 24.1 Å². The average molecular weight is 366 g/mol. The van der Waals surface area contributed by atoms with Crippen LogP contribution < -0.4 is 0 Å². The van der Waals surface area contributed by atoms with Crippen molar-refractivity contribution in [3.05, 3.63) is 34.6 Å². The Bertz CT molecular complexity index is 782. The van der Waals surface area contributed by atoms with Gasteiger partial charge in [-0.3, -0.25) is 19.6 Å². The molecule has 0 aromatic heterocycles. The molecule has 2 heterocycles. The van der Waals surface area contributed by atoms with Crippen LogP contribution in [-0.2, 0) is 16.1 Å². The van der Waals surface area contributed by atoms with Crippen LogP contribution in [0.5, 0.6) is 0 Å². The van der Waals surface area contributed by atoms with Gasteiger partial charge in [-0.2, -0.15) is 10.2 Å². The van der Waals surface area contributed by atoms with E-state index in [0.29, 0.717) is 5.56 Å². The van der Waals surface area contributed by atoms with Gasteiger partial charge in [0.2, 0.25) is 0 Å². The van der Waals surface area contributed by atoms with Crippen molar-refractivity contribution < 1.29 is 14.0 Å². The number of hydrogen-bond donors (Lipinski definition) is 0. The molecule has 2 aliphatic rings. The standard InChI is InChI=1S/C16H17ClFN5O2/c1-21-8-14(24)12(6-19-21)15-16(25)23(9-22(2)20-15)7-10-3-4-11(18)5-13(10)17/h3-6,12H,7-9H2,1-2H3. The lowest BCUT2D eigenvalue weighted by Gasteiger charge is -2.34. The number of nitrogens with zero attached hydrogens (tertiary/aromatic N) is 5. The van der Waals surface area contributed by atoms with Crippen molar-refractivity contribution in [2.24, 2.45) is 16.1 Å². The van der Waals surface area contributed by atoms with E-state index in [4.69, 9.17) is 11.6 Å². The second-order valence-electron chi connectivity index (χ2n) is 6.05. The molecule has 1 atom stereocenters. The Labute approximate surface area is 149 Å². The van der Waals surface area contributed by atoms with Gasteiger partial charge in [0.15, 0.2) is 5.78 Å². The average Bonchev–Trinajstić information content (AvgIpc) is 2.53. The molecule has 132 valence electrons. The highest BCUT2D eigenvalue weighted by molar-refractivity contribution is 6.46. The number of carbonyl (C=O) groups is 2. The third kappa shape index (κ3) is 3.63. The molecule has 0 saturated heterocycles. The molecule has 0 fully saturated rings. The zero-order chi connectivity index (χ0) is 18.1. The summed E-state index contributed by atoms with van der Waals surface area (Å²) in [5, 5.41) is 11.6. The van der Waals surface area contributed by atoms with Crippen LogP contribution in [-0.4, -0.2) is 65.8 Å². The molecule has 0 spiro atoms. The first-order valence-electron chi connectivity index (χ1n) is 7.66. The van der Waals surface area contributed by atoms with Crippen molar-refractivity contribution in [1.82, 2.24) is 14.9 Å². The summed E-state index contributed by atoms with van der Waals surface area (Å²) in [6.45, 7) is 0.564. The Morgan fingerprint density at radius 2 is 2.04 bits per heavy atom. The van der Waals surface area contributed by atoms with Crippen LogP contribution >= 0.6 is 11.6 Å². The van der Waals surface area contributed by atoms with Gasteiger partial charge in [0.05, 0.1) is 6.54 Å². The summed E-state index contributed by atoms with van der Waals surface area (Å²) in [5.74, 6) is -1.70. The predicted molar refractivity (Wildman–Crippen MR) is 91.6 cm³/mol. The molecule has 25 heavy (non-hydrogen) atoms. The van der Waals surface area contributed by atoms with Gasteiger partial charge in [0.25, 0.3) is 5.91 Å². The maximum absolute atomic E-state index is 13.2. The van der Waals surface area contributed by atoms with Crippen LogP contribution in [0.25, 0.3) is 0 Å². The molecule has 7 nitrogen and oxygen atoms in total. The zero-order valence-corrected chi connectivity index (χ0v) is 14.6. The lowest BCUT2D eigenvalue weighted by atomic mass is 9.96. The minimum Gasteiger partial charge on any atom is -0.314 e. The number of hydrogen-bond acceptors (Lipinski definition) is 6. The number of likely N-dealkylation sites (N-methyl/N-ethyl adjacent to an activating group) is 1. The van der Waals surface area contributed by atoms with Crippen molar-refractivity contribution in [2.45, 2.75) is 6.54 Å². The molecule has 0 N–H and O–H groups in total. The van der Waals surface area contributed by atoms with E-state index in [0.717, 1.165) is 0 Å². The minimum atomic E-state index is -0.766. The predicted octanol–water partition coefficient (Wildman–Crippen LogP) is 1.18. The normalized spacial score (nSPS) is 21.0. The highest BCUT2D eigenvalue weighted by Gasteiger charge is 2.36. The second-order valence-corrected chi connectivity index (χ2v) is 6.45. The number of carbonyl (C=O) groups excluding carboxylic acids is 2. The van der Waals surface area contributed by atoms with Gasteiger partial charge < -0.3 is 4.90 Å². The van der Waals surface area contributed by atoms with Crippen LogP contribution in [0.15, 0.2) is 28.4 Å². The number of ketones is 1. The highest BCUT2D eigenvalue weighted by Crippen LogP contribution is 2.21. The van der Waals surface area contributed by atoms with Crippen LogP contribution in [0.1, 0.15) is 5.56 Å². The fourth-order valence-electron chi connectivity index (χ4n) is 2.76. The van der Waals surface area contributed by atoms with Crippen molar-refractivity contribution >= 4 is 35.2 Å². The smallest absolute Gasteiger partial charge is 0.272 e. The first-order chi connectivity index (χ1) is 11.8. The first kappa shape index (κ1) is 17.3.